The molecule has 0 radical (unpaired) electrons. The average molecular weight is 285 g/mol. The van der Waals surface area contributed by atoms with E-state index in [4.69, 9.17) is 4.74 Å². The lowest BCUT2D eigenvalue weighted by molar-refractivity contribution is -0.143. The van der Waals surface area contributed by atoms with Gasteiger partial charge < -0.3 is 9.84 Å². The third-order valence-corrected chi connectivity index (χ3v) is 3.72. The molecular weight excluding hydrogens is 258 g/mol. The molecule has 0 heterocycles. The van der Waals surface area contributed by atoms with Gasteiger partial charge in [-0.25, -0.2) is 9.59 Å². The normalized spacial score (nSPS) is 18.4. The van der Waals surface area contributed by atoms with E-state index in [2.05, 4.69) is 0 Å². The molecule has 0 spiro atoms. The number of carboxylic acids is 1. The fourth-order valence-electron chi connectivity index (χ4n) is 2.62. The Morgan fingerprint density at radius 1 is 1.25 bits per heavy atom. The van der Waals surface area contributed by atoms with Crippen molar-refractivity contribution in [2.45, 2.75) is 70.9 Å². The van der Waals surface area contributed by atoms with Crippen LogP contribution in [0.4, 0.5) is 4.79 Å². The maximum absolute atomic E-state index is 12.0. The van der Waals surface area contributed by atoms with Gasteiger partial charge >= 0.3 is 12.1 Å². The van der Waals surface area contributed by atoms with Gasteiger partial charge in [-0.1, -0.05) is 32.1 Å². The van der Waals surface area contributed by atoms with E-state index in [1.54, 1.807) is 20.8 Å². The molecule has 1 rings (SSSR count). The van der Waals surface area contributed by atoms with Crippen LogP contribution in [0.1, 0.15) is 59.3 Å². The number of aliphatic carboxylic acids is 1. The average Bonchev–Trinajstić information content (AvgIpc) is 2.34. The summed E-state index contributed by atoms with van der Waals surface area (Å²) in [6.07, 6.45) is 5.63. The first kappa shape index (κ1) is 16.8. The maximum atomic E-state index is 12.0. The van der Waals surface area contributed by atoms with Gasteiger partial charge in [0.05, 0.1) is 0 Å². The Labute approximate surface area is 121 Å². The second-order valence-corrected chi connectivity index (χ2v) is 6.69. The molecule has 1 aliphatic carbocycles. The second kappa shape index (κ2) is 6.95. The molecule has 116 valence electrons. The summed E-state index contributed by atoms with van der Waals surface area (Å²) in [6, 6.07) is -0.798. The predicted octanol–water partition coefficient (Wildman–Crippen LogP) is 3.28. The van der Waals surface area contributed by atoms with Gasteiger partial charge in [-0.2, -0.15) is 0 Å². The smallest absolute Gasteiger partial charge is 0.410 e. The zero-order valence-electron chi connectivity index (χ0n) is 13.0. The molecule has 0 unspecified atom stereocenters. The van der Waals surface area contributed by atoms with Crippen LogP contribution in [-0.4, -0.2) is 40.8 Å². The fourth-order valence-corrected chi connectivity index (χ4v) is 2.62. The summed E-state index contributed by atoms with van der Waals surface area (Å²) in [5, 5.41) is 9.37. The zero-order valence-corrected chi connectivity index (χ0v) is 13.0. The minimum absolute atomic E-state index is 0.398. The number of carbonyl (C=O) groups is 2. The van der Waals surface area contributed by atoms with Gasteiger partial charge in [-0.3, -0.25) is 4.90 Å². The first-order chi connectivity index (χ1) is 9.20. The first-order valence-electron chi connectivity index (χ1n) is 7.39. The van der Waals surface area contributed by atoms with Crippen molar-refractivity contribution in [2.75, 3.05) is 7.05 Å². The Bertz CT molecular complexity index is 342. The van der Waals surface area contributed by atoms with Crippen LogP contribution in [0.5, 0.6) is 0 Å². The predicted molar refractivity (Wildman–Crippen MR) is 76.6 cm³/mol. The minimum atomic E-state index is -0.955. The van der Waals surface area contributed by atoms with Crippen molar-refractivity contribution in [3.8, 4) is 0 Å². The van der Waals surface area contributed by atoms with Crippen molar-refractivity contribution in [3.63, 3.8) is 0 Å². The highest BCUT2D eigenvalue weighted by Crippen LogP contribution is 2.28. The SMILES string of the molecule is CN(C(=O)OC(C)(C)C)[C@H](CC1CCCCC1)C(=O)O. The van der Waals surface area contributed by atoms with Gasteiger partial charge in [-0.05, 0) is 33.1 Å². The molecule has 0 aliphatic heterocycles. The highest BCUT2D eigenvalue weighted by Gasteiger charge is 2.32. The molecule has 1 saturated carbocycles. The molecule has 1 atom stereocenters. The van der Waals surface area contributed by atoms with Crippen molar-refractivity contribution in [1.29, 1.82) is 0 Å². The summed E-state index contributed by atoms with van der Waals surface area (Å²) in [5.41, 5.74) is -0.612. The molecule has 1 fully saturated rings. The molecule has 5 nitrogen and oxygen atoms in total. The van der Waals surface area contributed by atoms with Crippen LogP contribution in [0.15, 0.2) is 0 Å². The maximum Gasteiger partial charge on any atom is 0.410 e. The van der Waals surface area contributed by atoms with E-state index in [0.29, 0.717) is 12.3 Å². The first-order valence-corrected chi connectivity index (χ1v) is 7.39. The standard InChI is InChI=1S/C15H27NO4/c1-15(2,3)20-14(19)16(4)12(13(17)18)10-11-8-6-5-7-9-11/h11-12H,5-10H2,1-4H3,(H,17,18)/t12-/m1/s1. The van der Waals surface area contributed by atoms with E-state index >= 15 is 0 Å². The number of carbonyl (C=O) groups excluding carboxylic acids is 1. The number of likely N-dealkylation sites (N-methyl/N-ethyl adjacent to an activating group) is 1. The highest BCUT2D eigenvalue weighted by molar-refractivity contribution is 5.80. The molecule has 0 aromatic carbocycles. The lowest BCUT2D eigenvalue weighted by atomic mass is 9.84. The van der Waals surface area contributed by atoms with Gasteiger partial charge in [0.1, 0.15) is 11.6 Å². The minimum Gasteiger partial charge on any atom is -0.480 e. The number of rotatable bonds is 4. The largest absolute Gasteiger partial charge is 0.480 e. The van der Waals surface area contributed by atoms with E-state index in [1.807, 2.05) is 0 Å². The Hall–Kier alpha value is -1.26. The molecule has 0 aromatic rings. The van der Waals surface area contributed by atoms with E-state index in [-0.39, 0.29) is 0 Å². The number of hydrogen-bond acceptors (Lipinski definition) is 3. The Morgan fingerprint density at radius 3 is 2.25 bits per heavy atom. The summed E-state index contributed by atoms with van der Waals surface area (Å²) in [5.74, 6) is -0.557. The van der Waals surface area contributed by atoms with Crippen molar-refractivity contribution >= 4 is 12.1 Å². The molecular formula is C15H27NO4. The number of hydrogen-bond donors (Lipinski definition) is 1. The molecule has 20 heavy (non-hydrogen) atoms. The molecule has 0 aromatic heterocycles. The van der Waals surface area contributed by atoms with Gasteiger partial charge in [-0.15, -0.1) is 0 Å². The van der Waals surface area contributed by atoms with E-state index in [9.17, 15) is 14.7 Å². The molecule has 1 amide bonds. The van der Waals surface area contributed by atoms with Crippen LogP contribution in [0.3, 0.4) is 0 Å². The van der Waals surface area contributed by atoms with E-state index in [0.717, 1.165) is 25.7 Å². The third-order valence-electron chi connectivity index (χ3n) is 3.72. The Morgan fingerprint density at radius 2 is 1.80 bits per heavy atom. The summed E-state index contributed by atoms with van der Waals surface area (Å²) >= 11 is 0. The van der Waals surface area contributed by atoms with Crippen molar-refractivity contribution in [1.82, 2.24) is 4.90 Å². The summed E-state index contributed by atoms with van der Waals surface area (Å²) in [4.78, 5) is 24.6. The van der Waals surface area contributed by atoms with Crippen molar-refractivity contribution in [2.24, 2.45) is 5.92 Å². The lowest BCUT2D eigenvalue weighted by Gasteiger charge is -2.31. The van der Waals surface area contributed by atoms with E-state index in [1.165, 1.54) is 18.4 Å². The van der Waals surface area contributed by atoms with Crippen LogP contribution >= 0.6 is 0 Å². The van der Waals surface area contributed by atoms with Crippen LogP contribution in [-0.2, 0) is 9.53 Å². The highest BCUT2D eigenvalue weighted by atomic mass is 16.6. The van der Waals surface area contributed by atoms with Crippen LogP contribution in [0, 0.1) is 5.92 Å². The van der Waals surface area contributed by atoms with Gasteiger partial charge in [0, 0.05) is 7.05 Å². The number of ether oxygens (including phenoxy) is 1. The van der Waals surface area contributed by atoms with Crippen molar-refractivity contribution in [3.05, 3.63) is 0 Å². The summed E-state index contributed by atoms with van der Waals surface area (Å²) < 4.78 is 5.24. The zero-order chi connectivity index (χ0) is 15.3. The molecule has 0 saturated heterocycles. The lowest BCUT2D eigenvalue weighted by Crippen LogP contribution is -2.45. The Balaban J connectivity index is 2.64. The number of nitrogens with zero attached hydrogens (tertiary/aromatic N) is 1. The van der Waals surface area contributed by atoms with Crippen molar-refractivity contribution < 1.29 is 19.4 Å². The summed E-state index contributed by atoms with van der Waals surface area (Å²) in [7, 11) is 1.51. The molecule has 0 bridgehead atoms. The van der Waals surface area contributed by atoms with Gasteiger partial charge in [0.25, 0.3) is 0 Å². The second-order valence-electron chi connectivity index (χ2n) is 6.69. The summed E-state index contributed by atoms with van der Waals surface area (Å²) in [6.45, 7) is 5.32. The van der Waals surface area contributed by atoms with Crippen LogP contribution in [0.25, 0.3) is 0 Å². The molecule has 5 heteroatoms. The number of carboxylic acid groups (broad SMARTS) is 1. The quantitative estimate of drug-likeness (QED) is 0.860. The van der Waals surface area contributed by atoms with Crippen LogP contribution in [0.2, 0.25) is 0 Å². The van der Waals surface area contributed by atoms with Crippen LogP contribution < -0.4 is 0 Å². The Kier molecular flexibility index (Phi) is 5.84. The van der Waals surface area contributed by atoms with Gasteiger partial charge in [0.15, 0.2) is 0 Å². The molecule has 1 aliphatic rings. The number of amides is 1. The topological polar surface area (TPSA) is 66.8 Å². The fraction of sp³-hybridized carbons (Fsp3) is 0.867. The van der Waals surface area contributed by atoms with E-state index < -0.39 is 23.7 Å². The van der Waals surface area contributed by atoms with Gasteiger partial charge in [0.2, 0.25) is 0 Å². The monoisotopic (exact) mass is 285 g/mol. The third kappa shape index (κ3) is 5.39. The molecule has 1 N–H and O–H groups in total.